The highest BCUT2D eigenvalue weighted by molar-refractivity contribution is 9.10. The number of hydrogen-bond acceptors (Lipinski definition) is 4. The van der Waals surface area contributed by atoms with Crippen LogP contribution in [0, 0.1) is 0 Å². The van der Waals surface area contributed by atoms with Crippen LogP contribution in [0.25, 0.3) is 0 Å². The van der Waals surface area contributed by atoms with Crippen molar-refractivity contribution in [1.82, 2.24) is 0 Å². The molecule has 4 nitrogen and oxygen atoms in total. The molecule has 0 spiro atoms. The number of carbonyl (C=O) groups is 3. The Balaban J connectivity index is 1.96. The van der Waals surface area contributed by atoms with E-state index in [0.29, 0.717) is 29.8 Å². The maximum absolute atomic E-state index is 12.9. The molecule has 1 unspecified atom stereocenters. The zero-order valence-electron chi connectivity index (χ0n) is 13.6. The summed E-state index contributed by atoms with van der Waals surface area (Å²) in [7, 11) is 0. The molecular weight excluding hydrogens is 402 g/mol. The Morgan fingerprint density at radius 1 is 1.16 bits per heavy atom. The molecule has 1 heterocycles. The summed E-state index contributed by atoms with van der Waals surface area (Å²) in [4.78, 5) is 38.3. The number of thioether (sulfide) groups is 1. The van der Waals surface area contributed by atoms with E-state index in [9.17, 15) is 14.4 Å². The Bertz CT molecular complexity index is 838. The molecule has 2 aromatic carbocycles. The molecule has 0 radical (unpaired) electrons. The third-order valence-corrected chi connectivity index (χ3v) is 5.43. The molecule has 128 valence electrons. The molecule has 0 aromatic heterocycles. The van der Waals surface area contributed by atoms with Gasteiger partial charge in [-0.3, -0.25) is 14.4 Å². The molecule has 1 aliphatic rings. The zero-order chi connectivity index (χ0) is 18.0. The fourth-order valence-corrected chi connectivity index (χ4v) is 4.17. The minimum absolute atomic E-state index is 0.00367. The molecule has 1 saturated heterocycles. The molecule has 0 saturated carbocycles. The van der Waals surface area contributed by atoms with Gasteiger partial charge in [-0.15, -0.1) is 0 Å². The number of carbonyl (C=O) groups excluding carboxylic acids is 3. The fourth-order valence-electron chi connectivity index (χ4n) is 2.89. The second-order valence-corrected chi connectivity index (χ2v) is 8.19. The zero-order valence-corrected chi connectivity index (χ0v) is 16.0. The van der Waals surface area contributed by atoms with E-state index in [4.69, 9.17) is 0 Å². The number of benzene rings is 2. The van der Waals surface area contributed by atoms with Crippen molar-refractivity contribution in [3.63, 3.8) is 0 Å². The lowest BCUT2D eigenvalue weighted by Crippen LogP contribution is -2.27. The van der Waals surface area contributed by atoms with Gasteiger partial charge in [0.1, 0.15) is 0 Å². The molecule has 1 aliphatic heterocycles. The third kappa shape index (κ3) is 4.02. The summed E-state index contributed by atoms with van der Waals surface area (Å²) in [5.41, 5.74) is 1.64. The Morgan fingerprint density at radius 2 is 1.88 bits per heavy atom. The largest absolute Gasteiger partial charge is 0.311 e. The van der Waals surface area contributed by atoms with Crippen molar-refractivity contribution in [2.75, 3.05) is 11.4 Å². The topological polar surface area (TPSA) is 54.5 Å². The molecule has 3 rings (SSSR count). The van der Waals surface area contributed by atoms with Crippen LogP contribution in [0.5, 0.6) is 0 Å². The maximum atomic E-state index is 12.9. The number of rotatable bonds is 4. The van der Waals surface area contributed by atoms with Gasteiger partial charge in [0.05, 0.1) is 5.69 Å². The number of amides is 1. The van der Waals surface area contributed by atoms with Gasteiger partial charge in [-0.2, -0.15) is 0 Å². The van der Waals surface area contributed by atoms with E-state index in [1.54, 1.807) is 29.2 Å². The summed E-state index contributed by atoms with van der Waals surface area (Å²) in [5, 5.41) is -0.0793. The molecule has 2 aromatic rings. The van der Waals surface area contributed by atoms with Gasteiger partial charge in [-0.1, -0.05) is 58.0 Å². The monoisotopic (exact) mass is 417 g/mol. The van der Waals surface area contributed by atoms with Crippen LogP contribution in [0.15, 0.2) is 53.0 Å². The van der Waals surface area contributed by atoms with Crippen LogP contribution in [0.1, 0.15) is 29.3 Å². The SMILES string of the molecule is CC(=O)SC1CC(=O)N(c2ccc(Br)cc2C(=O)c2ccccc2)C1. The Hall–Kier alpha value is -1.92. The summed E-state index contributed by atoms with van der Waals surface area (Å²) in [6.45, 7) is 1.93. The molecular formula is C19H16BrNO3S. The predicted molar refractivity (Wildman–Crippen MR) is 103 cm³/mol. The standard InChI is InChI=1S/C19H16BrNO3S/c1-12(22)25-15-10-18(23)21(11-15)17-8-7-14(20)9-16(17)19(24)13-5-3-2-4-6-13/h2-9,15H,10-11H2,1H3. The van der Waals surface area contributed by atoms with Gasteiger partial charge in [0.2, 0.25) is 5.91 Å². The van der Waals surface area contributed by atoms with Crippen LogP contribution >= 0.6 is 27.7 Å². The van der Waals surface area contributed by atoms with Crippen molar-refractivity contribution in [3.8, 4) is 0 Å². The second kappa shape index (κ2) is 7.54. The first-order valence-corrected chi connectivity index (χ1v) is 9.50. The van der Waals surface area contributed by atoms with E-state index < -0.39 is 0 Å². The minimum atomic E-state index is -0.132. The van der Waals surface area contributed by atoms with E-state index in [2.05, 4.69) is 15.9 Å². The molecule has 25 heavy (non-hydrogen) atoms. The molecule has 1 amide bonds. The average molecular weight is 418 g/mol. The first-order valence-electron chi connectivity index (χ1n) is 7.82. The van der Waals surface area contributed by atoms with Gasteiger partial charge < -0.3 is 4.90 Å². The molecule has 1 atom stereocenters. The van der Waals surface area contributed by atoms with Gasteiger partial charge in [-0.25, -0.2) is 0 Å². The van der Waals surface area contributed by atoms with Crippen molar-refractivity contribution in [1.29, 1.82) is 0 Å². The lowest BCUT2D eigenvalue weighted by Gasteiger charge is -2.20. The highest BCUT2D eigenvalue weighted by Gasteiger charge is 2.34. The van der Waals surface area contributed by atoms with E-state index in [1.165, 1.54) is 18.7 Å². The van der Waals surface area contributed by atoms with Gasteiger partial charge in [0.15, 0.2) is 10.9 Å². The van der Waals surface area contributed by atoms with Crippen LogP contribution in [0.4, 0.5) is 5.69 Å². The average Bonchev–Trinajstić information content (AvgIpc) is 2.94. The first kappa shape index (κ1) is 17.9. The molecule has 0 aliphatic carbocycles. The number of hydrogen-bond donors (Lipinski definition) is 0. The molecule has 0 bridgehead atoms. The summed E-state index contributed by atoms with van der Waals surface area (Å²) < 4.78 is 0.775. The highest BCUT2D eigenvalue weighted by Crippen LogP contribution is 2.33. The minimum Gasteiger partial charge on any atom is -0.311 e. The van der Waals surface area contributed by atoms with E-state index >= 15 is 0 Å². The van der Waals surface area contributed by atoms with Crippen LogP contribution < -0.4 is 4.90 Å². The highest BCUT2D eigenvalue weighted by atomic mass is 79.9. The van der Waals surface area contributed by atoms with E-state index in [0.717, 1.165) is 4.47 Å². The van der Waals surface area contributed by atoms with Crippen molar-refractivity contribution in [2.24, 2.45) is 0 Å². The quantitative estimate of drug-likeness (QED) is 0.703. The van der Waals surface area contributed by atoms with Gasteiger partial charge >= 0.3 is 0 Å². The Kier molecular flexibility index (Phi) is 5.39. The summed E-state index contributed by atoms with van der Waals surface area (Å²) in [6.07, 6.45) is 0.305. The lowest BCUT2D eigenvalue weighted by molar-refractivity contribution is -0.117. The van der Waals surface area contributed by atoms with Crippen LogP contribution in [-0.4, -0.2) is 28.6 Å². The fraction of sp³-hybridized carbons (Fsp3) is 0.211. The maximum Gasteiger partial charge on any atom is 0.228 e. The van der Waals surface area contributed by atoms with Crippen molar-refractivity contribution < 1.29 is 14.4 Å². The second-order valence-electron chi connectivity index (χ2n) is 5.80. The summed E-state index contributed by atoms with van der Waals surface area (Å²) in [5.74, 6) is -0.199. The number of halogens is 1. The molecule has 1 fully saturated rings. The lowest BCUT2D eigenvalue weighted by atomic mass is 10.0. The Labute approximate surface area is 158 Å². The summed E-state index contributed by atoms with van der Waals surface area (Å²) >= 11 is 4.58. The van der Waals surface area contributed by atoms with Crippen LogP contribution in [0.2, 0.25) is 0 Å². The first-order chi connectivity index (χ1) is 12.0. The summed E-state index contributed by atoms with van der Waals surface area (Å²) in [6, 6.07) is 14.3. The van der Waals surface area contributed by atoms with Crippen LogP contribution in [-0.2, 0) is 9.59 Å². The van der Waals surface area contributed by atoms with E-state index in [-0.39, 0.29) is 22.1 Å². The van der Waals surface area contributed by atoms with Crippen LogP contribution in [0.3, 0.4) is 0 Å². The molecule has 6 heteroatoms. The van der Waals surface area contributed by atoms with Crippen molar-refractivity contribution in [2.45, 2.75) is 18.6 Å². The Morgan fingerprint density at radius 3 is 2.56 bits per heavy atom. The smallest absolute Gasteiger partial charge is 0.228 e. The molecule has 0 N–H and O–H groups in total. The third-order valence-electron chi connectivity index (χ3n) is 3.95. The van der Waals surface area contributed by atoms with Gasteiger partial charge in [-0.05, 0) is 18.2 Å². The van der Waals surface area contributed by atoms with Crippen molar-refractivity contribution in [3.05, 3.63) is 64.1 Å². The van der Waals surface area contributed by atoms with Crippen molar-refractivity contribution >= 4 is 50.2 Å². The number of nitrogens with zero attached hydrogens (tertiary/aromatic N) is 1. The predicted octanol–water partition coefficient (Wildman–Crippen LogP) is 4.07. The number of ketones is 1. The normalized spacial score (nSPS) is 17.0. The van der Waals surface area contributed by atoms with Gasteiger partial charge in [0, 0.05) is 40.7 Å². The van der Waals surface area contributed by atoms with Gasteiger partial charge in [0.25, 0.3) is 0 Å². The number of anilines is 1. The van der Waals surface area contributed by atoms with E-state index in [1.807, 2.05) is 24.3 Å².